The lowest BCUT2D eigenvalue weighted by atomic mass is 10.1. The van der Waals surface area contributed by atoms with Crippen molar-refractivity contribution in [3.05, 3.63) is 57.6 Å². The van der Waals surface area contributed by atoms with Crippen LogP contribution in [0, 0.1) is 11.6 Å². The minimum atomic E-state index is -1.09. The summed E-state index contributed by atoms with van der Waals surface area (Å²) in [5.41, 5.74) is 7.33. The SMILES string of the molecule is N[C@@H]1CN(c2nc3cc(F)c(F)cc3n2Cc2ccc(Cl)cc2Cl)CCC1F. The zero-order valence-corrected chi connectivity index (χ0v) is 16.2. The van der Waals surface area contributed by atoms with E-state index >= 15 is 0 Å². The predicted octanol–water partition coefficient (Wildman–Crippen LogP) is 4.55. The van der Waals surface area contributed by atoms with E-state index in [9.17, 15) is 13.2 Å². The van der Waals surface area contributed by atoms with Crippen molar-refractivity contribution in [1.82, 2.24) is 9.55 Å². The van der Waals surface area contributed by atoms with E-state index in [0.717, 1.165) is 17.7 Å². The van der Waals surface area contributed by atoms with E-state index in [-0.39, 0.29) is 19.5 Å². The molecule has 4 rings (SSSR count). The number of anilines is 1. The van der Waals surface area contributed by atoms with Crippen molar-refractivity contribution in [3.63, 3.8) is 0 Å². The molecule has 148 valence electrons. The van der Waals surface area contributed by atoms with Crippen molar-refractivity contribution in [3.8, 4) is 0 Å². The van der Waals surface area contributed by atoms with Crippen LogP contribution in [-0.2, 0) is 6.54 Å². The molecule has 0 bridgehead atoms. The highest BCUT2D eigenvalue weighted by Gasteiger charge is 2.29. The zero-order valence-electron chi connectivity index (χ0n) is 14.7. The Morgan fingerprint density at radius 3 is 2.61 bits per heavy atom. The molecular weight excluding hydrogens is 412 g/mol. The Balaban J connectivity index is 1.83. The Morgan fingerprint density at radius 1 is 1.14 bits per heavy atom. The lowest BCUT2D eigenvalue weighted by molar-refractivity contribution is 0.243. The van der Waals surface area contributed by atoms with Crippen molar-refractivity contribution < 1.29 is 13.2 Å². The summed E-state index contributed by atoms with van der Waals surface area (Å²) in [6.07, 6.45) is -0.830. The van der Waals surface area contributed by atoms with Gasteiger partial charge in [-0.05, 0) is 24.1 Å². The summed E-state index contributed by atoms with van der Waals surface area (Å²) in [6, 6.07) is 6.58. The van der Waals surface area contributed by atoms with Gasteiger partial charge in [-0.1, -0.05) is 29.3 Å². The molecule has 1 unspecified atom stereocenters. The van der Waals surface area contributed by atoms with Crippen LogP contribution in [-0.4, -0.2) is 34.9 Å². The number of hydrogen-bond acceptors (Lipinski definition) is 3. The van der Waals surface area contributed by atoms with E-state index < -0.39 is 23.8 Å². The van der Waals surface area contributed by atoms with E-state index in [4.69, 9.17) is 28.9 Å². The molecule has 28 heavy (non-hydrogen) atoms. The van der Waals surface area contributed by atoms with E-state index in [1.54, 1.807) is 22.8 Å². The summed E-state index contributed by atoms with van der Waals surface area (Å²) in [5.74, 6) is -1.48. The highest BCUT2D eigenvalue weighted by molar-refractivity contribution is 6.35. The average Bonchev–Trinajstić information content (AvgIpc) is 2.97. The molecule has 0 saturated carbocycles. The molecule has 2 N–H and O–H groups in total. The Labute approximate surface area is 169 Å². The van der Waals surface area contributed by atoms with Gasteiger partial charge in [0.05, 0.1) is 23.6 Å². The maximum absolute atomic E-state index is 13.9. The van der Waals surface area contributed by atoms with Crippen molar-refractivity contribution in [1.29, 1.82) is 0 Å². The lowest BCUT2D eigenvalue weighted by Crippen LogP contribution is -2.50. The number of rotatable bonds is 3. The van der Waals surface area contributed by atoms with Crippen molar-refractivity contribution in [2.24, 2.45) is 5.73 Å². The largest absolute Gasteiger partial charge is 0.340 e. The van der Waals surface area contributed by atoms with Crippen LogP contribution in [0.1, 0.15) is 12.0 Å². The van der Waals surface area contributed by atoms with Crippen LogP contribution in [0.4, 0.5) is 19.1 Å². The van der Waals surface area contributed by atoms with Gasteiger partial charge in [0.1, 0.15) is 6.17 Å². The molecule has 3 aromatic rings. The van der Waals surface area contributed by atoms with Gasteiger partial charge in [-0.2, -0.15) is 0 Å². The molecule has 2 heterocycles. The summed E-state index contributed by atoms with van der Waals surface area (Å²) in [7, 11) is 0. The van der Waals surface area contributed by atoms with Gasteiger partial charge < -0.3 is 15.2 Å². The number of benzene rings is 2. The second kappa shape index (κ2) is 7.46. The van der Waals surface area contributed by atoms with Crippen LogP contribution in [0.5, 0.6) is 0 Å². The number of aromatic nitrogens is 2. The Bertz CT molecular complexity index is 1040. The number of hydrogen-bond donors (Lipinski definition) is 1. The summed E-state index contributed by atoms with van der Waals surface area (Å²) >= 11 is 12.3. The van der Waals surface area contributed by atoms with Gasteiger partial charge in [0.2, 0.25) is 5.95 Å². The molecule has 2 aromatic carbocycles. The van der Waals surface area contributed by atoms with E-state index in [0.29, 0.717) is 33.6 Å². The maximum Gasteiger partial charge on any atom is 0.206 e. The van der Waals surface area contributed by atoms with Gasteiger partial charge in [0, 0.05) is 35.3 Å². The molecular formula is C19H17Cl2F3N4. The number of imidazole rings is 1. The molecule has 0 amide bonds. The quantitative estimate of drug-likeness (QED) is 0.665. The molecule has 0 aliphatic carbocycles. The third kappa shape index (κ3) is 3.54. The second-order valence-electron chi connectivity index (χ2n) is 6.90. The molecule has 0 radical (unpaired) electrons. The van der Waals surface area contributed by atoms with Crippen molar-refractivity contribution in [2.45, 2.75) is 25.2 Å². The minimum absolute atomic E-state index is 0.254. The normalized spacial score (nSPS) is 20.1. The number of fused-ring (bicyclic) bond motifs is 1. The van der Waals surface area contributed by atoms with Gasteiger partial charge >= 0.3 is 0 Å². The molecule has 1 aromatic heterocycles. The van der Waals surface area contributed by atoms with Crippen molar-refractivity contribution in [2.75, 3.05) is 18.0 Å². The summed E-state index contributed by atoms with van der Waals surface area (Å²) in [5, 5.41) is 0.940. The first-order valence-corrected chi connectivity index (χ1v) is 9.53. The van der Waals surface area contributed by atoms with Gasteiger partial charge in [0.15, 0.2) is 11.6 Å². The summed E-state index contributed by atoms with van der Waals surface area (Å²) < 4.78 is 43.2. The Morgan fingerprint density at radius 2 is 1.89 bits per heavy atom. The van der Waals surface area contributed by atoms with Gasteiger partial charge in [-0.3, -0.25) is 0 Å². The molecule has 1 saturated heterocycles. The van der Waals surface area contributed by atoms with Crippen LogP contribution < -0.4 is 10.6 Å². The number of piperidine rings is 1. The highest BCUT2D eigenvalue weighted by Crippen LogP contribution is 2.30. The van der Waals surface area contributed by atoms with Gasteiger partial charge in [0.25, 0.3) is 0 Å². The van der Waals surface area contributed by atoms with Crippen LogP contribution in [0.15, 0.2) is 30.3 Å². The fraction of sp³-hybridized carbons (Fsp3) is 0.316. The molecule has 9 heteroatoms. The average molecular weight is 429 g/mol. The van der Waals surface area contributed by atoms with Crippen molar-refractivity contribution >= 4 is 40.2 Å². The lowest BCUT2D eigenvalue weighted by Gasteiger charge is -2.34. The molecule has 2 atom stereocenters. The van der Waals surface area contributed by atoms with Crippen LogP contribution >= 0.6 is 23.2 Å². The number of nitrogens with two attached hydrogens (primary N) is 1. The van der Waals surface area contributed by atoms with Crippen LogP contribution in [0.3, 0.4) is 0 Å². The van der Waals surface area contributed by atoms with E-state index in [2.05, 4.69) is 4.98 Å². The third-order valence-corrected chi connectivity index (χ3v) is 5.55. The number of alkyl halides is 1. The maximum atomic E-state index is 13.9. The Hall–Kier alpha value is -1.96. The Kier molecular flexibility index (Phi) is 5.16. The van der Waals surface area contributed by atoms with Gasteiger partial charge in [-0.15, -0.1) is 0 Å². The number of halogens is 5. The molecule has 1 aliphatic rings. The summed E-state index contributed by atoms with van der Waals surface area (Å²) in [6.45, 7) is 0.916. The van der Waals surface area contributed by atoms with Gasteiger partial charge in [-0.25, -0.2) is 18.2 Å². The fourth-order valence-electron chi connectivity index (χ4n) is 3.46. The van der Waals surface area contributed by atoms with E-state index in [1.807, 2.05) is 4.90 Å². The topological polar surface area (TPSA) is 47.1 Å². The van der Waals surface area contributed by atoms with Crippen LogP contribution in [0.25, 0.3) is 11.0 Å². The monoisotopic (exact) mass is 428 g/mol. The summed E-state index contributed by atoms with van der Waals surface area (Å²) in [4.78, 5) is 6.31. The highest BCUT2D eigenvalue weighted by atomic mass is 35.5. The first kappa shape index (κ1) is 19.4. The standard InChI is InChI=1S/C19H17Cl2F3N4/c20-11-2-1-10(12(21)5-11)8-28-18-7-15(24)14(23)6-17(18)26-19(28)27-4-3-13(22)16(25)9-27/h1-2,5-7,13,16H,3-4,8-9,25H2/t13?,16-/m1/s1. The molecule has 0 spiro atoms. The fourth-order valence-corrected chi connectivity index (χ4v) is 3.93. The smallest absolute Gasteiger partial charge is 0.206 e. The molecule has 1 fully saturated rings. The van der Waals surface area contributed by atoms with Crippen LogP contribution in [0.2, 0.25) is 10.0 Å². The zero-order chi connectivity index (χ0) is 20.0. The third-order valence-electron chi connectivity index (χ3n) is 4.97. The first-order valence-electron chi connectivity index (χ1n) is 8.77. The first-order chi connectivity index (χ1) is 13.3. The minimum Gasteiger partial charge on any atom is -0.340 e. The predicted molar refractivity (Wildman–Crippen MR) is 105 cm³/mol. The molecule has 4 nitrogen and oxygen atoms in total. The van der Waals surface area contributed by atoms with E-state index in [1.165, 1.54) is 0 Å². The second-order valence-corrected chi connectivity index (χ2v) is 7.75. The molecule has 1 aliphatic heterocycles. The number of nitrogens with zero attached hydrogens (tertiary/aromatic N) is 3.